The number of carbonyl (C=O) groups is 4. The molecule has 2 saturated carbocycles. The lowest BCUT2D eigenvalue weighted by Crippen LogP contribution is -2.43. The topological polar surface area (TPSA) is 126 Å². The Morgan fingerprint density at radius 2 is 1.71 bits per heavy atom. The number of imide groups is 1. The number of amides is 3. The second-order valence-corrected chi connectivity index (χ2v) is 15.8. The molecule has 7 atom stereocenters. The van der Waals surface area contributed by atoms with Gasteiger partial charge in [-0.2, -0.15) is 0 Å². The molecule has 3 aromatic rings. The summed E-state index contributed by atoms with van der Waals surface area (Å²) in [4.78, 5) is 73.1. The molecule has 13 heteroatoms. The van der Waals surface area contributed by atoms with E-state index in [1.807, 2.05) is 11.0 Å². The van der Waals surface area contributed by atoms with Crippen LogP contribution in [0.2, 0.25) is 5.02 Å². The second kappa shape index (κ2) is 12.4. The van der Waals surface area contributed by atoms with Crippen LogP contribution in [-0.2, 0) is 19.1 Å². The number of nitrogens with one attached hydrogen (secondary N) is 1. The Morgan fingerprint density at radius 1 is 0.979 bits per heavy atom. The first-order valence-corrected chi connectivity index (χ1v) is 18.6. The van der Waals surface area contributed by atoms with Crippen LogP contribution in [0.4, 0.5) is 5.69 Å². The van der Waals surface area contributed by atoms with Gasteiger partial charge in [-0.25, -0.2) is 4.79 Å². The first kappa shape index (κ1) is 31.6. The number of aromatic nitrogens is 1. The van der Waals surface area contributed by atoms with Crippen LogP contribution in [0.1, 0.15) is 59.3 Å². The summed E-state index contributed by atoms with van der Waals surface area (Å²) in [5, 5.41) is 1.26. The average molecular weight is 708 g/mol. The molecule has 2 saturated heterocycles. The van der Waals surface area contributed by atoms with Gasteiger partial charge in [-0.1, -0.05) is 22.9 Å². The van der Waals surface area contributed by atoms with E-state index >= 15 is 0 Å². The fourth-order valence-corrected chi connectivity index (χ4v) is 11.9. The monoisotopic (exact) mass is 707 g/mol. The minimum absolute atomic E-state index is 0.0243. The zero-order valence-electron chi connectivity index (χ0n) is 26.2. The molecule has 3 aliphatic heterocycles. The molecule has 10 nitrogen and oxygen atoms in total. The molecule has 4 fully saturated rings. The Labute approximate surface area is 290 Å². The number of halogens is 1. The number of nitrogens with zero attached hydrogens (tertiary/aromatic N) is 2. The van der Waals surface area contributed by atoms with Gasteiger partial charge in [0.05, 0.1) is 34.7 Å². The van der Waals surface area contributed by atoms with Crippen molar-refractivity contribution in [3.05, 3.63) is 73.2 Å². The standard InChI is InChI=1S/C35H34ClN3O7S2/c1-2-45-34(43)17-6-9-19(10-7-17)39-32(41)27-21-15-22(28(27)33(39)42)29-26(21)25(30-31(47-29)37-35(44)48-30)20-14-18(36)8-11-23(20)46-16-24(40)38-12-4-3-5-13-38/h6-11,14,21-22,25-29H,2-5,12-13,15-16H2,1H3,(H,37,44)/t21-,22-,25-,26?,27?,28?,29?/m1/s1. The number of rotatable bonds is 7. The van der Waals surface area contributed by atoms with Crippen molar-refractivity contribution in [2.45, 2.75) is 48.8 Å². The van der Waals surface area contributed by atoms with Gasteiger partial charge in [-0.05, 0) is 92.8 Å². The van der Waals surface area contributed by atoms with Crippen LogP contribution >= 0.6 is 34.7 Å². The predicted octanol–water partition coefficient (Wildman–Crippen LogP) is 5.34. The van der Waals surface area contributed by atoms with Crippen molar-refractivity contribution < 1.29 is 28.7 Å². The van der Waals surface area contributed by atoms with Gasteiger partial charge in [0.1, 0.15) is 5.75 Å². The Bertz CT molecular complexity index is 1870. The molecule has 48 heavy (non-hydrogen) atoms. The third-order valence-corrected chi connectivity index (χ3v) is 13.6. The van der Waals surface area contributed by atoms with E-state index in [1.54, 1.807) is 55.1 Å². The normalized spacial score (nSPS) is 28.7. The molecule has 250 valence electrons. The summed E-state index contributed by atoms with van der Waals surface area (Å²) in [5.41, 5.74) is 1.57. The number of thioether (sulfide) groups is 1. The van der Waals surface area contributed by atoms with Gasteiger partial charge in [0, 0.05) is 39.7 Å². The number of piperidine rings is 1. The number of esters is 1. The molecule has 2 aromatic carbocycles. The summed E-state index contributed by atoms with van der Waals surface area (Å²) in [5.74, 6) is -1.98. The molecule has 4 unspecified atom stereocenters. The van der Waals surface area contributed by atoms with Crippen molar-refractivity contribution >= 4 is 64.1 Å². The highest BCUT2D eigenvalue weighted by molar-refractivity contribution is 8.00. The number of ether oxygens (including phenoxy) is 2. The Hall–Kier alpha value is -3.61. The number of anilines is 1. The number of benzene rings is 2. The van der Waals surface area contributed by atoms with Crippen molar-refractivity contribution in [3.8, 4) is 5.75 Å². The fourth-order valence-electron chi connectivity index (χ4n) is 8.85. The molecule has 4 heterocycles. The third-order valence-electron chi connectivity index (χ3n) is 10.7. The number of carbonyl (C=O) groups excluding carboxylic acids is 4. The zero-order valence-corrected chi connectivity index (χ0v) is 28.6. The number of fused-ring (bicyclic) bond motifs is 9. The van der Waals surface area contributed by atoms with Crippen LogP contribution in [0.25, 0.3) is 0 Å². The smallest absolute Gasteiger partial charge is 0.338 e. The molecule has 3 amide bonds. The predicted molar refractivity (Wildman–Crippen MR) is 181 cm³/mol. The first-order chi connectivity index (χ1) is 23.2. The van der Waals surface area contributed by atoms with Gasteiger partial charge < -0.3 is 19.4 Å². The molecule has 0 spiro atoms. The summed E-state index contributed by atoms with van der Waals surface area (Å²) in [6.45, 7) is 3.33. The quantitative estimate of drug-likeness (QED) is 0.258. The highest BCUT2D eigenvalue weighted by atomic mass is 35.5. The van der Waals surface area contributed by atoms with Gasteiger partial charge in [0.25, 0.3) is 5.91 Å². The fraction of sp³-hybridized carbons (Fsp3) is 0.457. The van der Waals surface area contributed by atoms with E-state index in [1.165, 1.54) is 4.90 Å². The first-order valence-electron chi connectivity index (χ1n) is 16.5. The molecule has 2 aliphatic carbocycles. The summed E-state index contributed by atoms with van der Waals surface area (Å²) in [7, 11) is 0. The van der Waals surface area contributed by atoms with Crippen LogP contribution in [0, 0.1) is 29.6 Å². The van der Waals surface area contributed by atoms with Gasteiger partial charge in [-0.3, -0.25) is 24.1 Å². The van der Waals surface area contributed by atoms with Gasteiger partial charge >= 0.3 is 10.8 Å². The number of aromatic amines is 1. The number of H-pyrrole nitrogens is 1. The van der Waals surface area contributed by atoms with Crippen molar-refractivity contribution in [1.82, 2.24) is 9.88 Å². The van der Waals surface area contributed by atoms with Crippen LogP contribution < -0.4 is 14.5 Å². The number of hydrogen-bond acceptors (Lipinski definition) is 9. The van der Waals surface area contributed by atoms with Gasteiger partial charge in [-0.15, -0.1) is 11.8 Å². The van der Waals surface area contributed by atoms with Gasteiger partial charge in [0.15, 0.2) is 6.61 Å². The summed E-state index contributed by atoms with van der Waals surface area (Å²) in [6, 6.07) is 11.8. The SMILES string of the molecule is CCOC(=O)c1ccc(N2C(=O)C3C(C2=O)[C@@H]2C[C@H]3C3Sc4[nH]c(=O)sc4[C@H](c4cc(Cl)ccc4OCC(=O)N4CCCCC4)C32)cc1. The third kappa shape index (κ3) is 5.09. The summed E-state index contributed by atoms with van der Waals surface area (Å²) >= 11 is 9.36. The lowest BCUT2D eigenvalue weighted by molar-refractivity contribution is -0.134. The van der Waals surface area contributed by atoms with Crippen molar-refractivity contribution in [2.24, 2.45) is 29.6 Å². The van der Waals surface area contributed by atoms with E-state index in [0.29, 0.717) is 22.0 Å². The number of likely N-dealkylation sites (tertiary alicyclic amines) is 1. The van der Waals surface area contributed by atoms with E-state index in [9.17, 15) is 24.0 Å². The van der Waals surface area contributed by atoms with Crippen molar-refractivity contribution in [2.75, 3.05) is 31.2 Å². The van der Waals surface area contributed by atoms with Crippen LogP contribution in [-0.4, -0.2) is 65.1 Å². The number of hydrogen-bond donors (Lipinski definition) is 1. The molecule has 2 bridgehead atoms. The summed E-state index contributed by atoms with van der Waals surface area (Å²) < 4.78 is 11.3. The Balaban J connectivity index is 1.13. The molecule has 0 radical (unpaired) electrons. The van der Waals surface area contributed by atoms with Crippen LogP contribution in [0.3, 0.4) is 0 Å². The maximum Gasteiger partial charge on any atom is 0.338 e. The minimum atomic E-state index is -0.502. The minimum Gasteiger partial charge on any atom is -0.483 e. The van der Waals surface area contributed by atoms with Crippen molar-refractivity contribution in [3.63, 3.8) is 0 Å². The van der Waals surface area contributed by atoms with Gasteiger partial charge in [0.2, 0.25) is 11.8 Å². The highest BCUT2D eigenvalue weighted by Crippen LogP contribution is 2.69. The van der Waals surface area contributed by atoms with Crippen molar-refractivity contribution in [1.29, 1.82) is 0 Å². The lowest BCUT2D eigenvalue weighted by atomic mass is 9.68. The van der Waals surface area contributed by atoms with Crippen LogP contribution in [0.15, 0.2) is 52.3 Å². The number of thiazole rings is 1. The zero-order chi connectivity index (χ0) is 33.3. The van der Waals surface area contributed by atoms with E-state index in [2.05, 4.69) is 4.98 Å². The Kier molecular flexibility index (Phi) is 8.16. The molecular weight excluding hydrogens is 674 g/mol. The lowest BCUT2D eigenvalue weighted by Gasteiger charge is -2.43. The maximum atomic E-state index is 14.2. The van der Waals surface area contributed by atoms with Crippen LogP contribution in [0.5, 0.6) is 5.75 Å². The molecular formula is C35H34ClN3O7S2. The highest BCUT2D eigenvalue weighted by Gasteiger charge is 2.70. The van der Waals surface area contributed by atoms with E-state index < -0.39 is 17.8 Å². The summed E-state index contributed by atoms with van der Waals surface area (Å²) in [6.07, 6.45) is 3.81. The Morgan fingerprint density at radius 3 is 2.44 bits per heavy atom. The van der Waals surface area contributed by atoms with E-state index in [0.717, 1.165) is 65.6 Å². The molecule has 8 rings (SSSR count). The largest absolute Gasteiger partial charge is 0.483 e. The molecule has 5 aliphatic rings. The second-order valence-electron chi connectivity index (χ2n) is 13.2. The van der Waals surface area contributed by atoms with E-state index in [-0.39, 0.29) is 64.7 Å². The van der Waals surface area contributed by atoms with E-state index in [4.69, 9.17) is 21.1 Å². The average Bonchev–Trinajstić information content (AvgIpc) is 3.83. The maximum absolute atomic E-state index is 14.2. The molecule has 1 N–H and O–H groups in total. The molecule has 1 aromatic heterocycles.